The lowest BCUT2D eigenvalue weighted by Crippen LogP contribution is -1.84. The molecule has 0 unspecified atom stereocenters. The van der Waals surface area contributed by atoms with Gasteiger partial charge in [-0.05, 0) is 12.1 Å². The highest BCUT2D eigenvalue weighted by molar-refractivity contribution is 6.54. The molecule has 0 saturated carbocycles. The van der Waals surface area contributed by atoms with Crippen molar-refractivity contribution in [3.63, 3.8) is 0 Å². The van der Waals surface area contributed by atoms with Crippen LogP contribution in [-0.2, 0) is 0 Å². The van der Waals surface area contributed by atoms with E-state index in [0.29, 0.717) is 0 Å². The molecular formula is C15H27AlN2. The van der Waals surface area contributed by atoms with Gasteiger partial charge in [0.05, 0.1) is 11.7 Å². The predicted molar refractivity (Wildman–Crippen MR) is 85.6 cm³/mol. The van der Waals surface area contributed by atoms with Crippen LogP contribution in [0.3, 0.4) is 0 Å². The molecule has 0 aliphatic carbocycles. The Kier molecular flexibility index (Phi) is 15.3. The van der Waals surface area contributed by atoms with Crippen molar-refractivity contribution in [1.82, 2.24) is 10.2 Å². The van der Waals surface area contributed by atoms with E-state index in [-0.39, 0.29) is 14.1 Å². The summed E-state index contributed by atoms with van der Waals surface area (Å²) in [5, 5.41) is 8.83. The fourth-order valence-electron chi connectivity index (χ4n) is 0.929. The average Bonchev–Trinajstić information content (AvgIpc) is 2.43. The van der Waals surface area contributed by atoms with Crippen molar-refractivity contribution in [2.45, 2.75) is 45.1 Å². The van der Waals surface area contributed by atoms with Crippen LogP contribution in [0.5, 0.6) is 0 Å². The Bertz CT molecular complexity index is 321. The summed E-state index contributed by atoms with van der Waals surface area (Å²) >= 11 is -0.139. The Hall–Kier alpha value is -0.908. The van der Waals surface area contributed by atoms with Gasteiger partial charge in [0.2, 0.25) is 0 Å². The highest BCUT2D eigenvalue weighted by Gasteiger charge is 1.87. The second kappa shape index (κ2) is 14.2. The quantitative estimate of drug-likeness (QED) is 0.621. The topological polar surface area (TPSA) is 25.8 Å². The van der Waals surface area contributed by atoms with Crippen LogP contribution in [0.2, 0.25) is 17.4 Å². The summed E-state index contributed by atoms with van der Waals surface area (Å²) in [6.07, 6.45) is 1.70. The summed E-state index contributed by atoms with van der Waals surface area (Å²) in [6.45, 7) is 8.00. The maximum absolute atomic E-state index is 3.93. The normalized spacial score (nSPS) is 7.72. The zero-order valence-corrected chi connectivity index (χ0v) is 14.1. The molecule has 1 aromatic carbocycles. The van der Waals surface area contributed by atoms with Crippen LogP contribution < -0.4 is 0 Å². The lowest BCUT2D eigenvalue weighted by Gasteiger charge is -1.90. The number of benzene rings is 1. The third-order valence-corrected chi connectivity index (χ3v) is 1.42. The number of fused-ring (bicyclic) bond motifs is 1. The lowest BCUT2D eigenvalue weighted by atomic mass is 10.2. The minimum atomic E-state index is -0.139. The third kappa shape index (κ3) is 10.3. The molecular weight excluding hydrogens is 235 g/mol. The first-order valence-corrected chi connectivity index (χ1v) is 10.3. The Balaban J connectivity index is 0. The van der Waals surface area contributed by atoms with Gasteiger partial charge in [-0.3, -0.25) is 0 Å². The van der Waals surface area contributed by atoms with Gasteiger partial charge >= 0.3 is 0 Å². The van der Waals surface area contributed by atoms with Crippen LogP contribution in [0, 0.1) is 0 Å². The van der Waals surface area contributed by atoms with Crippen molar-refractivity contribution in [3.8, 4) is 0 Å². The van der Waals surface area contributed by atoms with Crippen molar-refractivity contribution < 1.29 is 0 Å². The number of hydrogen-bond donors (Lipinski definition) is 0. The second-order valence-corrected chi connectivity index (χ2v) is 7.29. The molecule has 0 amide bonds. The summed E-state index contributed by atoms with van der Waals surface area (Å²) in [6, 6.07) is 9.86. The fourth-order valence-corrected chi connectivity index (χ4v) is 0.929. The predicted octanol–water partition coefficient (Wildman–Crippen LogP) is 5.05. The summed E-state index contributed by atoms with van der Waals surface area (Å²) < 4.78 is 0. The van der Waals surface area contributed by atoms with Crippen LogP contribution in [0.25, 0.3) is 10.9 Å². The molecule has 2 nitrogen and oxygen atoms in total. The molecule has 0 bridgehead atoms. The van der Waals surface area contributed by atoms with Gasteiger partial charge in [-0.15, -0.1) is 17.4 Å². The highest BCUT2D eigenvalue weighted by atomic mass is 27.2. The molecule has 0 atom stereocenters. The Morgan fingerprint density at radius 1 is 0.833 bits per heavy atom. The standard InChI is InChI=1S/C8H6N2.2C2H6.3CH3.Al/c1-2-4-8-7(3-1)5-6-9-10-8;2*1-2;;;;/h1-6H;2*1-2H3;3*1H3;. The van der Waals surface area contributed by atoms with Gasteiger partial charge < -0.3 is 0 Å². The number of aromatic nitrogens is 2. The number of rotatable bonds is 0. The van der Waals surface area contributed by atoms with Gasteiger partial charge in [-0.1, -0.05) is 45.9 Å². The van der Waals surface area contributed by atoms with Gasteiger partial charge in [-0.25, -0.2) is 0 Å². The SMILES string of the molecule is CC.CC.[CH3][Al]([CH3])[CH3].c1ccc2nnccc2c1. The molecule has 100 valence electrons. The highest BCUT2D eigenvalue weighted by Crippen LogP contribution is 2.06. The van der Waals surface area contributed by atoms with Crippen LogP contribution in [0.15, 0.2) is 36.5 Å². The van der Waals surface area contributed by atoms with Crippen molar-refractivity contribution in [1.29, 1.82) is 0 Å². The minimum Gasteiger partial charge on any atom is -0.159 e. The monoisotopic (exact) mass is 262 g/mol. The number of nitrogens with zero attached hydrogens (tertiary/aromatic N) is 2. The molecule has 0 N–H and O–H groups in total. The maximum Gasteiger partial charge on any atom is 0.251 e. The van der Waals surface area contributed by atoms with E-state index < -0.39 is 0 Å². The maximum atomic E-state index is 3.93. The molecule has 0 spiro atoms. The first kappa shape index (κ1) is 19.4. The van der Waals surface area contributed by atoms with Crippen LogP contribution >= 0.6 is 0 Å². The summed E-state index contributed by atoms with van der Waals surface area (Å²) in [7, 11) is 0. The van der Waals surface area contributed by atoms with E-state index in [0.717, 1.165) is 10.9 Å². The molecule has 0 fully saturated rings. The van der Waals surface area contributed by atoms with Gasteiger partial charge in [0.15, 0.2) is 0 Å². The van der Waals surface area contributed by atoms with Gasteiger partial charge in [0.1, 0.15) is 0 Å². The van der Waals surface area contributed by atoms with Crippen molar-refractivity contribution in [2.75, 3.05) is 0 Å². The smallest absolute Gasteiger partial charge is 0.159 e. The van der Waals surface area contributed by atoms with Gasteiger partial charge in [0, 0.05) is 5.39 Å². The van der Waals surface area contributed by atoms with Gasteiger partial charge in [0.25, 0.3) is 14.1 Å². The van der Waals surface area contributed by atoms with E-state index in [4.69, 9.17) is 0 Å². The zero-order valence-electron chi connectivity index (χ0n) is 12.9. The van der Waals surface area contributed by atoms with Gasteiger partial charge in [-0.2, -0.15) is 10.2 Å². The average molecular weight is 262 g/mol. The molecule has 0 aliphatic rings. The minimum absolute atomic E-state index is 0.139. The first-order chi connectivity index (χ1) is 8.70. The van der Waals surface area contributed by atoms with Crippen molar-refractivity contribution >= 4 is 25.1 Å². The van der Waals surface area contributed by atoms with E-state index in [1.165, 1.54) is 0 Å². The molecule has 3 heteroatoms. The van der Waals surface area contributed by atoms with E-state index in [1.807, 2.05) is 58.0 Å². The molecule has 2 aromatic rings. The molecule has 1 aromatic heterocycles. The van der Waals surface area contributed by atoms with E-state index >= 15 is 0 Å². The lowest BCUT2D eigenvalue weighted by molar-refractivity contribution is 1.08. The molecule has 0 saturated heterocycles. The van der Waals surface area contributed by atoms with Crippen LogP contribution in [-0.4, -0.2) is 24.3 Å². The molecule has 1 heterocycles. The molecule has 0 aliphatic heterocycles. The van der Waals surface area contributed by atoms with E-state index in [2.05, 4.69) is 27.6 Å². The Morgan fingerprint density at radius 3 is 1.83 bits per heavy atom. The Morgan fingerprint density at radius 2 is 1.33 bits per heavy atom. The summed E-state index contributed by atoms with van der Waals surface area (Å²) in [4.78, 5) is 0. The van der Waals surface area contributed by atoms with Crippen LogP contribution in [0.1, 0.15) is 27.7 Å². The largest absolute Gasteiger partial charge is 0.251 e. The zero-order chi connectivity index (χ0) is 14.4. The van der Waals surface area contributed by atoms with E-state index in [9.17, 15) is 0 Å². The number of hydrogen-bond acceptors (Lipinski definition) is 2. The Labute approximate surface area is 117 Å². The second-order valence-electron chi connectivity index (χ2n) is 3.82. The summed E-state index contributed by atoms with van der Waals surface area (Å²) in [5.74, 6) is 6.92. The third-order valence-electron chi connectivity index (χ3n) is 1.42. The van der Waals surface area contributed by atoms with E-state index in [1.54, 1.807) is 6.20 Å². The van der Waals surface area contributed by atoms with Crippen LogP contribution in [0.4, 0.5) is 0 Å². The molecule has 18 heavy (non-hydrogen) atoms. The van der Waals surface area contributed by atoms with Crippen molar-refractivity contribution in [2.24, 2.45) is 0 Å². The molecule has 2 rings (SSSR count). The summed E-state index contributed by atoms with van der Waals surface area (Å²) in [5.41, 5.74) is 0.949. The fraction of sp³-hybridized carbons (Fsp3) is 0.467. The van der Waals surface area contributed by atoms with Crippen molar-refractivity contribution in [3.05, 3.63) is 36.5 Å². The molecule has 0 radical (unpaired) electrons. The first-order valence-electron chi connectivity index (χ1n) is 6.86.